The molecule has 0 saturated carbocycles. The molecule has 1 aliphatic rings. The Labute approximate surface area is 105 Å². The summed E-state index contributed by atoms with van der Waals surface area (Å²) in [4.78, 5) is 0. The van der Waals surface area contributed by atoms with Crippen molar-refractivity contribution in [2.75, 3.05) is 19.7 Å². The van der Waals surface area contributed by atoms with Crippen molar-refractivity contribution in [2.45, 2.75) is 44.8 Å². The Morgan fingerprint density at radius 2 is 1.88 bits per heavy atom. The van der Waals surface area contributed by atoms with Crippen molar-refractivity contribution in [2.24, 2.45) is 0 Å². The van der Waals surface area contributed by atoms with Gasteiger partial charge in [0.25, 0.3) is 0 Å². The highest BCUT2D eigenvalue weighted by Crippen LogP contribution is 2.13. The lowest BCUT2D eigenvalue weighted by Gasteiger charge is -2.24. The normalized spacial score (nSPS) is 27.6. The number of aliphatic hydroxyl groups excluding tert-OH is 1. The Morgan fingerprint density at radius 3 is 2.65 bits per heavy atom. The summed E-state index contributed by atoms with van der Waals surface area (Å²) in [7, 11) is 0. The molecule has 0 aromatic rings. The highest BCUT2D eigenvalue weighted by molar-refractivity contribution is 4.91. The molecule has 1 unspecified atom stereocenters. The number of hydrogen-bond donors (Lipinski definition) is 2. The lowest BCUT2D eigenvalue weighted by Crippen LogP contribution is -2.30. The minimum atomic E-state index is -0.279. The molecular weight excluding hydrogens is 214 g/mol. The zero-order chi connectivity index (χ0) is 12.6. The van der Waals surface area contributed by atoms with Crippen LogP contribution in [-0.2, 0) is 4.74 Å². The third-order valence-electron chi connectivity index (χ3n) is 2.89. The summed E-state index contributed by atoms with van der Waals surface area (Å²) in [5.41, 5.74) is -0.0935. The summed E-state index contributed by atoms with van der Waals surface area (Å²) in [5, 5.41) is 13.0. The van der Waals surface area contributed by atoms with E-state index in [9.17, 15) is 5.11 Å². The summed E-state index contributed by atoms with van der Waals surface area (Å²) < 4.78 is 5.78. The molecular formula is C14H25NO2. The molecule has 0 aromatic heterocycles. The quantitative estimate of drug-likeness (QED) is 0.636. The molecule has 1 rings (SSSR count). The van der Waals surface area contributed by atoms with Gasteiger partial charge in [0.05, 0.1) is 18.3 Å². The maximum absolute atomic E-state index is 9.66. The van der Waals surface area contributed by atoms with Crippen LogP contribution in [0.25, 0.3) is 0 Å². The van der Waals surface area contributed by atoms with Gasteiger partial charge >= 0.3 is 0 Å². The third-order valence-corrected chi connectivity index (χ3v) is 2.89. The lowest BCUT2D eigenvalue weighted by molar-refractivity contribution is -0.00674. The van der Waals surface area contributed by atoms with Gasteiger partial charge in [-0.1, -0.05) is 24.3 Å². The molecule has 3 heteroatoms. The van der Waals surface area contributed by atoms with Crippen LogP contribution in [-0.4, -0.2) is 36.5 Å². The Kier molecular flexibility index (Phi) is 6.48. The van der Waals surface area contributed by atoms with Crippen molar-refractivity contribution in [3.63, 3.8) is 0 Å². The van der Waals surface area contributed by atoms with Crippen LogP contribution in [0.4, 0.5) is 0 Å². The number of nitrogens with one attached hydrogen (secondary N) is 1. The lowest BCUT2D eigenvalue weighted by atomic mass is 10.1. The van der Waals surface area contributed by atoms with Gasteiger partial charge in [0.1, 0.15) is 0 Å². The fourth-order valence-corrected chi connectivity index (χ4v) is 1.67. The largest absolute Gasteiger partial charge is 0.392 e. The molecule has 0 amide bonds. The number of rotatable bonds is 0. The fourth-order valence-electron chi connectivity index (χ4n) is 1.67. The van der Waals surface area contributed by atoms with E-state index in [-0.39, 0.29) is 11.7 Å². The van der Waals surface area contributed by atoms with Crippen LogP contribution < -0.4 is 5.32 Å². The summed E-state index contributed by atoms with van der Waals surface area (Å²) >= 11 is 0. The monoisotopic (exact) mass is 239 g/mol. The number of hydrogen-bond acceptors (Lipinski definition) is 3. The molecule has 17 heavy (non-hydrogen) atoms. The molecule has 0 aliphatic carbocycles. The van der Waals surface area contributed by atoms with Crippen LogP contribution in [0, 0.1) is 0 Å². The molecule has 1 heterocycles. The predicted octanol–water partition coefficient (Wildman–Crippen LogP) is 2.03. The Bertz CT molecular complexity index is 259. The van der Waals surface area contributed by atoms with Gasteiger partial charge in [-0.15, -0.1) is 0 Å². The zero-order valence-corrected chi connectivity index (χ0v) is 11.0. The standard InChI is InChI=1S/C14H25NO2/c1-14(2)9-11-15-10-5-3-7-13(16)8-4-6-12-17-14/h3-6,13,15-16H,7-12H2,1-2H3. The van der Waals surface area contributed by atoms with Crippen LogP contribution in [0.5, 0.6) is 0 Å². The third kappa shape index (κ3) is 7.31. The van der Waals surface area contributed by atoms with E-state index in [0.717, 1.165) is 25.9 Å². The van der Waals surface area contributed by atoms with E-state index in [0.29, 0.717) is 13.0 Å². The van der Waals surface area contributed by atoms with E-state index in [1.54, 1.807) is 0 Å². The Hall–Kier alpha value is -0.640. The van der Waals surface area contributed by atoms with Crippen LogP contribution in [0.2, 0.25) is 0 Å². The second-order valence-corrected chi connectivity index (χ2v) is 5.09. The maximum atomic E-state index is 9.66. The molecule has 0 aromatic carbocycles. The molecule has 1 aliphatic heterocycles. The van der Waals surface area contributed by atoms with E-state index < -0.39 is 0 Å². The van der Waals surface area contributed by atoms with Crippen molar-refractivity contribution >= 4 is 0 Å². The van der Waals surface area contributed by atoms with Gasteiger partial charge in [-0.05, 0) is 39.7 Å². The second kappa shape index (κ2) is 7.64. The van der Waals surface area contributed by atoms with Gasteiger partial charge in [-0.3, -0.25) is 0 Å². The molecule has 98 valence electrons. The number of ether oxygens (including phenoxy) is 1. The van der Waals surface area contributed by atoms with Gasteiger partial charge in [-0.2, -0.15) is 0 Å². The van der Waals surface area contributed by atoms with Crippen molar-refractivity contribution in [1.82, 2.24) is 5.32 Å². The van der Waals surface area contributed by atoms with Gasteiger partial charge in [0, 0.05) is 6.54 Å². The van der Waals surface area contributed by atoms with Gasteiger partial charge in [0.15, 0.2) is 0 Å². The van der Waals surface area contributed by atoms with E-state index >= 15 is 0 Å². The van der Waals surface area contributed by atoms with Crippen molar-refractivity contribution in [1.29, 1.82) is 0 Å². The minimum Gasteiger partial charge on any atom is -0.392 e. The van der Waals surface area contributed by atoms with Crippen molar-refractivity contribution in [3.05, 3.63) is 24.3 Å². The van der Waals surface area contributed by atoms with E-state index in [2.05, 4.69) is 25.2 Å². The van der Waals surface area contributed by atoms with Crippen LogP contribution in [0.3, 0.4) is 0 Å². The average Bonchev–Trinajstić information content (AvgIpc) is 2.26. The first-order valence-electron chi connectivity index (χ1n) is 6.43. The molecule has 1 atom stereocenters. The first-order valence-corrected chi connectivity index (χ1v) is 6.43. The Balaban J connectivity index is 2.45. The topological polar surface area (TPSA) is 41.5 Å². The highest BCUT2D eigenvalue weighted by Gasteiger charge is 2.16. The summed E-state index contributed by atoms with van der Waals surface area (Å²) in [6.45, 7) is 6.65. The Morgan fingerprint density at radius 1 is 1.18 bits per heavy atom. The predicted molar refractivity (Wildman–Crippen MR) is 71.0 cm³/mol. The second-order valence-electron chi connectivity index (χ2n) is 5.09. The van der Waals surface area contributed by atoms with E-state index in [1.165, 1.54) is 0 Å². The fraction of sp³-hybridized carbons (Fsp3) is 0.714. The maximum Gasteiger partial charge on any atom is 0.0654 e. The molecule has 0 spiro atoms. The molecule has 0 fully saturated rings. The van der Waals surface area contributed by atoms with E-state index in [4.69, 9.17) is 4.74 Å². The first kappa shape index (κ1) is 14.4. The molecule has 0 radical (unpaired) electrons. The van der Waals surface area contributed by atoms with Crippen LogP contribution >= 0.6 is 0 Å². The summed E-state index contributed by atoms with van der Waals surface area (Å²) in [5.74, 6) is 0. The number of aliphatic hydroxyl groups is 1. The zero-order valence-electron chi connectivity index (χ0n) is 11.0. The first-order chi connectivity index (χ1) is 8.10. The van der Waals surface area contributed by atoms with Crippen molar-refractivity contribution in [3.8, 4) is 0 Å². The molecule has 0 bridgehead atoms. The highest BCUT2D eigenvalue weighted by atomic mass is 16.5. The van der Waals surface area contributed by atoms with Crippen LogP contribution in [0.15, 0.2) is 24.3 Å². The van der Waals surface area contributed by atoms with E-state index in [1.807, 2.05) is 18.2 Å². The smallest absolute Gasteiger partial charge is 0.0654 e. The van der Waals surface area contributed by atoms with Crippen molar-refractivity contribution < 1.29 is 9.84 Å². The molecule has 2 N–H and O–H groups in total. The summed E-state index contributed by atoms with van der Waals surface area (Å²) in [6.07, 6.45) is 10.2. The SMILES string of the molecule is CC1(C)CCNCC=CCC(O)CC=CCO1. The van der Waals surface area contributed by atoms with Crippen LogP contribution in [0.1, 0.15) is 33.1 Å². The molecule has 0 saturated heterocycles. The summed E-state index contributed by atoms with van der Waals surface area (Å²) in [6, 6.07) is 0. The van der Waals surface area contributed by atoms with Gasteiger partial charge in [-0.25, -0.2) is 0 Å². The minimum absolute atomic E-state index is 0.0935. The van der Waals surface area contributed by atoms with Gasteiger partial charge in [0.2, 0.25) is 0 Å². The average molecular weight is 239 g/mol. The van der Waals surface area contributed by atoms with Gasteiger partial charge < -0.3 is 15.2 Å². The molecule has 3 nitrogen and oxygen atoms in total.